The Bertz CT molecular complexity index is 536. The predicted molar refractivity (Wildman–Crippen MR) is 95.3 cm³/mol. The average molecular weight is 330 g/mol. The SMILES string of the molecule is COCCN1C2CCC1CC(NCC1OCCc3ccccc31)C2. The molecule has 4 rings (SSSR count). The van der Waals surface area contributed by atoms with Gasteiger partial charge in [0.05, 0.1) is 19.3 Å². The maximum Gasteiger partial charge on any atom is 0.0952 e. The molecule has 4 heteroatoms. The molecule has 0 saturated carbocycles. The van der Waals surface area contributed by atoms with Crippen LogP contribution in [0.3, 0.4) is 0 Å². The van der Waals surface area contributed by atoms with Crippen LogP contribution in [-0.4, -0.2) is 56.4 Å². The summed E-state index contributed by atoms with van der Waals surface area (Å²) in [6, 6.07) is 10.9. The summed E-state index contributed by atoms with van der Waals surface area (Å²) < 4.78 is 11.3. The molecule has 24 heavy (non-hydrogen) atoms. The Morgan fingerprint density at radius 3 is 2.79 bits per heavy atom. The maximum absolute atomic E-state index is 6.05. The topological polar surface area (TPSA) is 33.7 Å². The molecule has 3 heterocycles. The minimum atomic E-state index is 0.221. The summed E-state index contributed by atoms with van der Waals surface area (Å²) >= 11 is 0. The van der Waals surface area contributed by atoms with Crippen LogP contribution in [0.4, 0.5) is 0 Å². The molecular weight excluding hydrogens is 300 g/mol. The van der Waals surface area contributed by atoms with Gasteiger partial charge in [0.2, 0.25) is 0 Å². The van der Waals surface area contributed by atoms with E-state index < -0.39 is 0 Å². The Hall–Kier alpha value is -0.940. The molecule has 1 aromatic carbocycles. The zero-order valence-corrected chi connectivity index (χ0v) is 14.7. The van der Waals surface area contributed by atoms with Gasteiger partial charge in [-0.1, -0.05) is 24.3 Å². The first kappa shape index (κ1) is 16.5. The summed E-state index contributed by atoms with van der Waals surface area (Å²) in [6.07, 6.45) is 6.53. The average Bonchev–Trinajstić information content (AvgIpc) is 2.86. The quantitative estimate of drug-likeness (QED) is 0.869. The maximum atomic E-state index is 6.05. The lowest BCUT2D eigenvalue weighted by Gasteiger charge is -2.39. The Labute approximate surface area is 145 Å². The number of ether oxygens (including phenoxy) is 2. The van der Waals surface area contributed by atoms with Crippen LogP contribution in [0.2, 0.25) is 0 Å². The molecular formula is C20H30N2O2. The van der Waals surface area contributed by atoms with Crippen LogP contribution in [0.25, 0.3) is 0 Å². The van der Waals surface area contributed by atoms with Crippen LogP contribution in [0, 0.1) is 0 Å². The number of hydrogen-bond acceptors (Lipinski definition) is 4. The molecule has 0 spiro atoms. The van der Waals surface area contributed by atoms with E-state index in [0.717, 1.165) is 44.8 Å². The van der Waals surface area contributed by atoms with Crippen LogP contribution in [-0.2, 0) is 15.9 Å². The monoisotopic (exact) mass is 330 g/mol. The van der Waals surface area contributed by atoms with Crippen molar-refractivity contribution < 1.29 is 9.47 Å². The van der Waals surface area contributed by atoms with Crippen molar-refractivity contribution in [3.05, 3.63) is 35.4 Å². The Morgan fingerprint density at radius 2 is 2.00 bits per heavy atom. The van der Waals surface area contributed by atoms with Gasteiger partial charge in [-0.2, -0.15) is 0 Å². The standard InChI is InChI=1S/C20H30N2O2/c1-23-11-9-22-17-6-7-18(22)13-16(12-17)21-14-20-19-5-3-2-4-15(19)8-10-24-20/h2-5,16-18,20-21H,6-14H2,1H3. The molecule has 0 radical (unpaired) electrons. The van der Waals surface area contributed by atoms with Crippen LogP contribution >= 0.6 is 0 Å². The minimum Gasteiger partial charge on any atom is -0.383 e. The number of methoxy groups -OCH3 is 1. The highest BCUT2D eigenvalue weighted by Crippen LogP contribution is 2.36. The van der Waals surface area contributed by atoms with Crippen LogP contribution in [0.1, 0.15) is 42.9 Å². The van der Waals surface area contributed by atoms with Crippen molar-refractivity contribution in [1.82, 2.24) is 10.2 Å². The second-order valence-electron chi connectivity index (χ2n) is 7.50. The lowest BCUT2D eigenvalue weighted by Crippen LogP contribution is -2.50. The summed E-state index contributed by atoms with van der Waals surface area (Å²) in [5, 5.41) is 3.83. The highest BCUT2D eigenvalue weighted by Gasteiger charge is 2.40. The van der Waals surface area contributed by atoms with Crippen molar-refractivity contribution in [1.29, 1.82) is 0 Å². The third-order valence-electron chi connectivity index (χ3n) is 6.12. The summed E-state index contributed by atoms with van der Waals surface area (Å²) in [4.78, 5) is 2.69. The first-order chi connectivity index (χ1) is 11.8. The van der Waals surface area contributed by atoms with Crippen molar-refractivity contribution >= 4 is 0 Å². The number of nitrogens with one attached hydrogen (secondary N) is 1. The zero-order valence-electron chi connectivity index (χ0n) is 14.7. The van der Waals surface area contributed by atoms with E-state index in [2.05, 4.69) is 34.5 Å². The number of benzene rings is 1. The van der Waals surface area contributed by atoms with Crippen molar-refractivity contribution in [2.24, 2.45) is 0 Å². The third-order valence-corrected chi connectivity index (χ3v) is 6.12. The van der Waals surface area contributed by atoms with E-state index in [-0.39, 0.29) is 6.10 Å². The fourth-order valence-electron chi connectivity index (χ4n) is 4.92. The Balaban J connectivity index is 1.32. The fourth-order valence-corrected chi connectivity index (χ4v) is 4.92. The van der Waals surface area contributed by atoms with Crippen LogP contribution in [0.5, 0.6) is 0 Å². The van der Waals surface area contributed by atoms with E-state index in [4.69, 9.17) is 9.47 Å². The number of hydrogen-bond donors (Lipinski definition) is 1. The molecule has 0 aliphatic carbocycles. The van der Waals surface area contributed by atoms with Gasteiger partial charge in [-0.25, -0.2) is 0 Å². The highest BCUT2D eigenvalue weighted by molar-refractivity contribution is 5.31. The molecule has 2 bridgehead atoms. The number of fused-ring (bicyclic) bond motifs is 3. The van der Waals surface area contributed by atoms with Crippen molar-refractivity contribution in [3.63, 3.8) is 0 Å². The van der Waals surface area contributed by atoms with E-state index in [0.29, 0.717) is 6.04 Å². The Morgan fingerprint density at radius 1 is 1.21 bits per heavy atom. The molecule has 1 aromatic rings. The number of piperidine rings is 1. The minimum absolute atomic E-state index is 0.221. The van der Waals surface area contributed by atoms with Crippen LogP contribution < -0.4 is 5.32 Å². The van der Waals surface area contributed by atoms with Gasteiger partial charge >= 0.3 is 0 Å². The van der Waals surface area contributed by atoms with E-state index in [1.165, 1.54) is 36.8 Å². The largest absolute Gasteiger partial charge is 0.383 e. The normalized spacial score (nSPS) is 32.7. The van der Waals surface area contributed by atoms with Gasteiger partial charge < -0.3 is 14.8 Å². The van der Waals surface area contributed by atoms with Gasteiger partial charge in [-0.05, 0) is 43.2 Å². The van der Waals surface area contributed by atoms with Crippen molar-refractivity contribution in [3.8, 4) is 0 Å². The molecule has 0 amide bonds. The molecule has 2 saturated heterocycles. The lowest BCUT2D eigenvalue weighted by atomic mass is 9.95. The third kappa shape index (κ3) is 3.38. The van der Waals surface area contributed by atoms with Crippen molar-refractivity contribution in [2.45, 2.75) is 56.3 Å². The molecule has 0 aromatic heterocycles. The van der Waals surface area contributed by atoms with Gasteiger partial charge in [-0.3, -0.25) is 4.90 Å². The fraction of sp³-hybridized carbons (Fsp3) is 0.700. The van der Waals surface area contributed by atoms with Gasteiger partial charge in [0, 0.05) is 38.3 Å². The summed E-state index contributed by atoms with van der Waals surface area (Å²) in [5.74, 6) is 0. The van der Waals surface area contributed by atoms with Crippen molar-refractivity contribution in [2.75, 3.05) is 33.4 Å². The molecule has 3 unspecified atom stereocenters. The van der Waals surface area contributed by atoms with E-state index in [1.54, 1.807) is 7.11 Å². The predicted octanol–water partition coefficient (Wildman–Crippen LogP) is 2.53. The van der Waals surface area contributed by atoms with Gasteiger partial charge in [-0.15, -0.1) is 0 Å². The molecule has 1 N–H and O–H groups in total. The second kappa shape index (κ2) is 7.52. The molecule has 132 valence electrons. The molecule has 3 aliphatic rings. The van der Waals surface area contributed by atoms with Gasteiger partial charge in [0.25, 0.3) is 0 Å². The summed E-state index contributed by atoms with van der Waals surface area (Å²) in [7, 11) is 1.80. The number of nitrogens with zero attached hydrogens (tertiary/aromatic N) is 1. The van der Waals surface area contributed by atoms with Gasteiger partial charge in [0.15, 0.2) is 0 Å². The molecule has 2 fully saturated rings. The lowest BCUT2D eigenvalue weighted by molar-refractivity contribution is 0.0337. The van der Waals surface area contributed by atoms with E-state index >= 15 is 0 Å². The summed E-state index contributed by atoms with van der Waals surface area (Å²) in [6.45, 7) is 3.75. The zero-order chi connectivity index (χ0) is 16.4. The first-order valence-electron chi connectivity index (χ1n) is 9.52. The smallest absolute Gasteiger partial charge is 0.0952 e. The Kier molecular flexibility index (Phi) is 5.18. The molecule has 4 nitrogen and oxygen atoms in total. The van der Waals surface area contributed by atoms with Crippen LogP contribution in [0.15, 0.2) is 24.3 Å². The summed E-state index contributed by atoms with van der Waals surface area (Å²) in [5.41, 5.74) is 2.85. The van der Waals surface area contributed by atoms with Gasteiger partial charge in [0.1, 0.15) is 0 Å². The second-order valence-corrected chi connectivity index (χ2v) is 7.50. The number of rotatable bonds is 6. The highest BCUT2D eigenvalue weighted by atomic mass is 16.5. The molecule has 3 atom stereocenters. The van der Waals surface area contributed by atoms with E-state index in [9.17, 15) is 0 Å². The first-order valence-corrected chi connectivity index (χ1v) is 9.52. The van der Waals surface area contributed by atoms with E-state index in [1.807, 2.05) is 0 Å². The molecule has 3 aliphatic heterocycles.